The van der Waals surface area contributed by atoms with Gasteiger partial charge in [0.15, 0.2) is 5.96 Å². The van der Waals surface area contributed by atoms with Crippen LogP contribution in [0.4, 0.5) is 0 Å². The van der Waals surface area contributed by atoms with Crippen LogP contribution in [0.25, 0.3) is 5.69 Å². The van der Waals surface area contributed by atoms with Crippen molar-refractivity contribution in [3.63, 3.8) is 0 Å². The van der Waals surface area contributed by atoms with Crippen LogP contribution in [0, 0.1) is 5.92 Å². The van der Waals surface area contributed by atoms with Gasteiger partial charge in [0.05, 0.1) is 17.9 Å². The van der Waals surface area contributed by atoms with Gasteiger partial charge in [-0.05, 0) is 43.9 Å². The van der Waals surface area contributed by atoms with Gasteiger partial charge in [0.25, 0.3) is 0 Å². The third-order valence-corrected chi connectivity index (χ3v) is 4.35. The Morgan fingerprint density at radius 2 is 2.08 bits per heavy atom. The Kier molecular flexibility index (Phi) is 7.74. The van der Waals surface area contributed by atoms with E-state index in [0.717, 1.165) is 42.9 Å². The van der Waals surface area contributed by atoms with Crippen molar-refractivity contribution in [2.45, 2.75) is 33.2 Å². The summed E-state index contributed by atoms with van der Waals surface area (Å²) in [6, 6.07) is 12.2. The van der Waals surface area contributed by atoms with Crippen LogP contribution < -0.4 is 5.32 Å². The molecule has 0 saturated carbocycles. The van der Waals surface area contributed by atoms with Gasteiger partial charge in [-0.2, -0.15) is 5.10 Å². The lowest BCUT2D eigenvalue weighted by Gasteiger charge is -2.33. The number of halogens is 1. The zero-order valence-electron chi connectivity index (χ0n) is 15.1. The molecule has 136 valence electrons. The second-order valence-corrected chi connectivity index (χ2v) is 6.45. The Hall–Kier alpha value is -1.57. The lowest BCUT2D eigenvalue weighted by Crippen LogP contribution is -2.46. The van der Waals surface area contributed by atoms with E-state index in [-0.39, 0.29) is 24.0 Å². The van der Waals surface area contributed by atoms with E-state index in [1.807, 2.05) is 35.1 Å². The van der Waals surface area contributed by atoms with E-state index in [9.17, 15) is 0 Å². The molecule has 0 bridgehead atoms. The second-order valence-electron chi connectivity index (χ2n) is 6.45. The van der Waals surface area contributed by atoms with Gasteiger partial charge in [0, 0.05) is 25.8 Å². The maximum atomic E-state index is 4.80. The van der Waals surface area contributed by atoms with Crippen molar-refractivity contribution in [3.8, 4) is 5.69 Å². The van der Waals surface area contributed by atoms with E-state index in [1.54, 1.807) is 0 Å². The summed E-state index contributed by atoms with van der Waals surface area (Å²) in [5, 5.41) is 8.06. The van der Waals surface area contributed by atoms with Crippen molar-refractivity contribution in [1.29, 1.82) is 0 Å². The molecule has 1 aliphatic heterocycles. The van der Waals surface area contributed by atoms with Crippen molar-refractivity contribution in [2.75, 3.05) is 19.6 Å². The summed E-state index contributed by atoms with van der Waals surface area (Å²) in [6.45, 7) is 8.11. The Morgan fingerprint density at radius 3 is 2.80 bits per heavy atom. The Labute approximate surface area is 167 Å². The van der Waals surface area contributed by atoms with E-state index < -0.39 is 0 Å². The highest BCUT2D eigenvalue weighted by Gasteiger charge is 2.19. The molecular weight excluding hydrogens is 425 g/mol. The molecule has 1 aromatic heterocycles. The number of aromatic nitrogens is 2. The molecule has 1 unspecified atom stereocenters. The summed E-state index contributed by atoms with van der Waals surface area (Å²) in [6.07, 6.45) is 4.56. The molecule has 6 heteroatoms. The van der Waals surface area contributed by atoms with Gasteiger partial charge < -0.3 is 10.2 Å². The van der Waals surface area contributed by atoms with Crippen LogP contribution >= 0.6 is 24.0 Å². The summed E-state index contributed by atoms with van der Waals surface area (Å²) < 4.78 is 1.90. The topological polar surface area (TPSA) is 45.5 Å². The number of rotatable bonds is 4. The quantitative estimate of drug-likeness (QED) is 0.437. The van der Waals surface area contributed by atoms with Crippen LogP contribution in [0.5, 0.6) is 0 Å². The van der Waals surface area contributed by atoms with Crippen molar-refractivity contribution < 1.29 is 0 Å². The number of hydrogen-bond acceptors (Lipinski definition) is 2. The first kappa shape index (κ1) is 19.8. The molecule has 25 heavy (non-hydrogen) atoms. The van der Waals surface area contributed by atoms with Crippen LogP contribution in [0.1, 0.15) is 32.4 Å². The minimum absolute atomic E-state index is 0. The van der Waals surface area contributed by atoms with E-state index in [2.05, 4.69) is 41.3 Å². The highest BCUT2D eigenvalue weighted by atomic mass is 127. The molecule has 1 aliphatic rings. The van der Waals surface area contributed by atoms with Crippen LogP contribution in [0.3, 0.4) is 0 Å². The fraction of sp³-hybridized carbons (Fsp3) is 0.474. The summed E-state index contributed by atoms with van der Waals surface area (Å²) in [4.78, 5) is 7.19. The monoisotopic (exact) mass is 453 g/mol. The van der Waals surface area contributed by atoms with Crippen molar-refractivity contribution in [2.24, 2.45) is 10.9 Å². The number of nitrogens with zero attached hydrogens (tertiary/aromatic N) is 4. The number of hydrogen-bond donors (Lipinski definition) is 1. The molecule has 3 rings (SSSR count). The minimum Gasteiger partial charge on any atom is -0.357 e. The molecule has 2 aromatic rings. The van der Waals surface area contributed by atoms with Crippen LogP contribution in [-0.2, 0) is 6.54 Å². The summed E-state index contributed by atoms with van der Waals surface area (Å²) >= 11 is 0. The van der Waals surface area contributed by atoms with Gasteiger partial charge in [-0.3, -0.25) is 0 Å². The predicted octanol–water partition coefficient (Wildman–Crippen LogP) is 3.69. The van der Waals surface area contributed by atoms with E-state index >= 15 is 0 Å². The molecule has 1 aromatic carbocycles. The first-order chi connectivity index (χ1) is 11.8. The van der Waals surface area contributed by atoms with Gasteiger partial charge in [0.1, 0.15) is 0 Å². The molecule has 0 spiro atoms. The second kappa shape index (κ2) is 9.79. The first-order valence-corrected chi connectivity index (χ1v) is 8.89. The van der Waals surface area contributed by atoms with Gasteiger partial charge in [0.2, 0.25) is 0 Å². The average Bonchev–Trinajstić information content (AvgIpc) is 3.08. The van der Waals surface area contributed by atoms with E-state index in [0.29, 0.717) is 6.54 Å². The fourth-order valence-electron chi connectivity index (χ4n) is 3.13. The van der Waals surface area contributed by atoms with Crippen molar-refractivity contribution in [3.05, 3.63) is 48.3 Å². The van der Waals surface area contributed by atoms with Gasteiger partial charge in [-0.1, -0.05) is 25.1 Å². The highest BCUT2D eigenvalue weighted by Crippen LogP contribution is 2.15. The number of para-hydroxylation sites is 1. The number of likely N-dealkylation sites (tertiary alicyclic amines) is 1. The lowest BCUT2D eigenvalue weighted by molar-refractivity contribution is 0.266. The third kappa shape index (κ3) is 5.45. The van der Waals surface area contributed by atoms with Crippen molar-refractivity contribution >= 4 is 29.9 Å². The molecule has 2 heterocycles. The highest BCUT2D eigenvalue weighted by molar-refractivity contribution is 14.0. The number of guanidine groups is 1. The molecular formula is C19H28IN5. The zero-order valence-corrected chi connectivity index (χ0v) is 17.4. The molecule has 1 fully saturated rings. The molecule has 1 N–H and O–H groups in total. The Bertz CT molecular complexity index is 667. The largest absolute Gasteiger partial charge is 0.357 e. The smallest absolute Gasteiger partial charge is 0.194 e. The van der Waals surface area contributed by atoms with E-state index in [4.69, 9.17) is 4.99 Å². The molecule has 1 atom stereocenters. The number of benzene rings is 1. The molecule has 0 aliphatic carbocycles. The SMILES string of the molecule is CCNC(=NCc1ccn(-c2ccccc2)n1)N1CCCC(C)C1.I. The molecule has 1 saturated heterocycles. The van der Waals surface area contributed by atoms with Crippen molar-refractivity contribution in [1.82, 2.24) is 20.0 Å². The van der Waals surface area contributed by atoms with Gasteiger partial charge in [-0.25, -0.2) is 9.67 Å². The zero-order chi connectivity index (χ0) is 16.8. The average molecular weight is 453 g/mol. The van der Waals surface area contributed by atoms with E-state index in [1.165, 1.54) is 12.8 Å². The Morgan fingerprint density at radius 1 is 1.28 bits per heavy atom. The van der Waals surface area contributed by atoms with Crippen LogP contribution in [-0.4, -0.2) is 40.3 Å². The van der Waals surface area contributed by atoms with Gasteiger partial charge >= 0.3 is 0 Å². The summed E-state index contributed by atoms with van der Waals surface area (Å²) in [5.41, 5.74) is 2.06. The number of aliphatic imine (C=N–C) groups is 1. The number of nitrogens with one attached hydrogen (secondary N) is 1. The molecule has 5 nitrogen and oxygen atoms in total. The maximum Gasteiger partial charge on any atom is 0.194 e. The van der Waals surface area contributed by atoms with Gasteiger partial charge in [-0.15, -0.1) is 24.0 Å². The lowest BCUT2D eigenvalue weighted by atomic mass is 10.0. The Balaban J connectivity index is 0.00000225. The molecule has 0 radical (unpaired) electrons. The predicted molar refractivity (Wildman–Crippen MR) is 114 cm³/mol. The minimum atomic E-state index is 0. The maximum absolute atomic E-state index is 4.80. The summed E-state index contributed by atoms with van der Waals surface area (Å²) in [5.74, 6) is 1.75. The third-order valence-electron chi connectivity index (χ3n) is 4.35. The summed E-state index contributed by atoms with van der Waals surface area (Å²) in [7, 11) is 0. The number of piperidine rings is 1. The normalized spacial score (nSPS) is 17.9. The molecule has 0 amide bonds. The standard InChI is InChI=1S/C19H27N5.HI/c1-3-20-19(23-12-7-8-16(2)15-23)21-14-17-11-13-24(22-17)18-9-5-4-6-10-18;/h4-6,9-11,13,16H,3,7-8,12,14-15H2,1-2H3,(H,20,21);1H. The fourth-order valence-corrected chi connectivity index (χ4v) is 3.13. The van der Waals surface area contributed by atoms with Crippen LogP contribution in [0.15, 0.2) is 47.6 Å². The van der Waals surface area contributed by atoms with Crippen LogP contribution in [0.2, 0.25) is 0 Å². The first-order valence-electron chi connectivity index (χ1n) is 8.89.